The molecule has 1 fully saturated rings. The van der Waals surface area contributed by atoms with E-state index in [1.54, 1.807) is 0 Å². The van der Waals surface area contributed by atoms with Gasteiger partial charge in [0, 0.05) is 39.8 Å². The second-order valence-corrected chi connectivity index (χ2v) is 6.75. The van der Waals surface area contributed by atoms with Crippen LogP contribution in [-0.2, 0) is 17.8 Å². The van der Waals surface area contributed by atoms with E-state index in [9.17, 15) is 0 Å². The van der Waals surface area contributed by atoms with Gasteiger partial charge < -0.3 is 15.0 Å². The van der Waals surface area contributed by atoms with Crippen molar-refractivity contribution in [2.24, 2.45) is 4.99 Å². The number of guanidine groups is 1. The summed E-state index contributed by atoms with van der Waals surface area (Å²) >= 11 is 0. The molecular formula is C18H29IN4O. The summed E-state index contributed by atoms with van der Waals surface area (Å²) in [4.78, 5) is 9.10. The molecule has 6 heteroatoms. The van der Waals surface area contributed by atoms with Crippen LogP contribution in [0.1, 0.15) is 25.0 Å². The number of nitrogens with zero attached hydrogens (tertiary/aromatic N) is 3. The fraction of sp³-hybridized carbons (Fsp3) is 0.611. The Morgan fingerprint density at radius 1 is 1.12 bits per heavy atom. The van der Waals surface area contributed by atoms with E-state index in [1.165, 1.54) is 11.1 Å². The van der Waals surface area contributed by atoms with E-state index in [0.29, 0.717) is 12.2 Å². The van der Waals surface area contributed by atoms with E-state index >= 15 is 0 Å². The van der Waals surface area contributed by atoms with Gasteiger partial charge >= 0.3 is 0 Å². The van der Waals surface area contributed by atoms with Gasteiger partial charge in [-0.3, -0.25) is 9.89 Å². The number of rotatable bonds is 4. The summed E-state index contributed by atoms with van der Waals surface area (Å²) < 4.78 is 5.80. The Labute approximate surface area is 162 Å². The molecule has 24 heavy (non-hydrogen) atoms. The Balaban J connectivity index is 0.00000208. The second kappa shape index (κ2) is 9.01. The highest BCUT2D eigenvalue weighted by molar-refractivity contribution is 14.0. The zero-order chi connectivity index (χ0) is 16.2. The van der Waals surface area contributed by atoms with Crippen LogP contribution in [-0.4, -0.2) is 61.2 Å². The minimum absolute atomic E-state index is 0. The molecule has 0 amide bonds. The van der Waals surface area contributed by atoms with E-state index in [2.05, 4.69) is 65.3 Å². The number of likely N-dealkylation sites (N-methyl/N-ethyl adjacent to an activating group) is 1. The highest BCUT2D eigenvalue weighted by Crippen LogP contribution is 2.14. The van der Waals surface area contributed by atoms with Gasteiger partial charge in [-0.25, -0.2) is 0 Å². The van der Waals surface area contributed by atoms with Crippen molar-refractivity contribution in [1.82, 2.24) is 15.1 Å². The Morgan fingerprint density at radius 2 is 1.75 bits per heavy atom. The molecule has 1 aromatic rings. The lowest BCUT2D eigenvalue weighted by Crippen LogP contribution is -2.44. The van der Waals surface area contributed by atoms with Crippen molar-refractivity contribution in [3.8, 4) is 0 Å². The van der Waals surface area contributed by atoms with E-state index in [1.807, 2.05) is 0 Å². The minimum atomic E-state index is 0. The van der Waals surface area contributed by atoms with Gasteiger partial charge in [0.1, 0.15) is 0 Å². The first-order valence-electron chi connectivity index (χ1n) is 8.55. The van der Waals surface area contributed by atoms with Gasteiger partial charge in [-0.05, 0) is 25.0 Å². The van der Waals surface area contributed by atoms with Gasteiger partial charge in [0.2, 0.25) is 0 Å². The third-order valence-corrected chi connectivity index (χ3v) is 4.43. The monoisotopic (exact) mass is 444 g/mol. The zero-order valence-corrected chi connectivity index (χ0v) is 17.2. The van der Waals surface area contributed by atoms with Crippen LogP contribution in [0, 0.1) is 0 Å². The van der Waals surface area contributed by atoms with E-state index in [-0.39, 0.29) is 24.0 Å². The average Bonchev–Trinajstić information content (AvgIpc) is 2.91. The van der Waals surface area contributed by atoms with Crippen LogP contribution in [0.4, 0.5) is 0 Å². The molecule has 0 saturated carbocycles. The van der Waals surface area contributed by atoms with E-state index < -0.39 is 0 Å². The lowest BCUT2D eigenvalue weighted by molar-refractivity contribution is -0.0704. The maximum atomic E-state index is 5.80. The van der Waals surface area contributed by atoms with Gasteiger partial charge in [-0.15, -0.1) is 24.0 Å². The molecule has 0 spiro atoms. The molecule has 1 N–H and O–H groups in total. The number of aliphatic imine (C=N–C) groups is 1. The topological polar surface area (TPSA) is 40.1 Å². The van der Waals surface area contributed by atoms with Gasteiger partial charge in [0.25, 0.3) is 0 Å². The number of ether oxygens (including phenoxy) is 1. The molecule has 2 aliphatic rings. The maximum absolute atomic E-state index is 5.80. The van der Waals surface area contributed by atoms with Crippen molar-refractivity contribution in [3.63, 3.8) is 0 Å². The third-order valence-electron chi connectivity index (χ3n) is 4.43. The van der Waals surface area contributed by atoms with Gasteiger partial charge in [-0.1, -0.05) is 24.3 Å². The molecular weight excluding hydrogens is 415 g/mol. The van der Waals surface area contributed by atoms with Gasteiger partial charge in [-0.2, -0.15) is 0 Å². The summed E-state index contributed by atoms with van der Waals surface area (Å²) in [6.07, 6.45) is 0.651. The molecule has 2 atom stereocenters. The normalized spacial score (nSPS) is 24.5. The second-order valence-electron chi connectivity index (χ2n) is 6.75. The predicted octanol–water partition coefficient (Wildman–Crippen LogP) is 2.30. The third kappa shape index (κ3) is 5.32. The summed E-state index contributed by atoms with van der Waals surface area (Å²) in [5.41, 5.74) is 2.66. The summed E-state index contributed by atoms with van der Waals surface area (Å²) in [6, 6.07) is 8.90. The van der Waals surface area contributed by atoms with Crippen molar-refractivity contribution in [2.45, 2.75) is 39.1 Å². The van der Waals surface area contributed by atoms with E-state index in [4.69, 9.17) is 4.74 Å². The first kappa shape index (κ1) is 19.5. The molecule has 2 unspecified atom stereocenters. The van der Waals surface area contributed by atoms with Crippen LogP contribution < -0.4 is 5.32 Å². The summed E-state index contributed by atoms with van der Waals surface area (Å²) in [6.45, 7) is 10.1. The van der Waals surface area contributed by atoms with Crippen molar-refractivity contribution < 1.29 is 4.74 Å². The average molecular weight is 444 g/mol. The van der Waals surface area contributed by atoms with Crippen LogP contribution in [0.25, 0.3) is 0 Å². The maximum Gasteiger partial charge on any atom is 0.194 e. The molecule has 1 saturated heterocycles. The van der Waals surface area contributed by atoms with Crippen LogP contribution in [0.5, 0.6) is 0 Å². The van der Waals surface area contributed by atoms with Crippen LogP contribution in [0.15, 0.2) is 29.3 Å². The Morgan fingerprint density at radius 3 is 2.33 bits per heavy atom. The number of hydrogen-bond acceptors (Lipinski definition) is 5. The van der Waals surface area contributed by atoms with Gasteiger partial charge in [0.15, 0.2) is 5.96 Å². The van der Waals surface area contributed by atoms with Crippen molar-refractivity contribution in [3.05, 3.63) is 35.4 Å². The molecule has 134 valence electrons. The Bertz CT molecular complexity index is 538. The highest BCUT2D eigenvalue weighted by atomic mass is 127. The number of halogens is 1. The number of hydrogen-bond donors (Lipinski definition) is 1. The SMILES string of the molecule is CC1CN(Cc2ccc(CNC3=NCCN3C)cc2)CC(C)O1.I. The fourth-order valence-corrected chi connectivity index (χ4v) is 3.34. The Kier molecular flexibility index (Phi) is 7.31. The fourth-order valence-electron chi connectivity index (χ4n) is 3.34. The molecule has 0 aliphatic carbocycles. The molecule has 1 aromatic carbocycles. The quantitative estimate of drug-likeness (QED) is 0.724. The van der Waals surface area contributed by atoms with Crippen molar-refractivity contribution in [2.75, 3.05) is 33.2 Å². The Hall–Kier alpha value is -0.860. The minimum Gasteiger partial charge on any atom is -0.373 e. The highest BCUT2D eigenvalue weighted by Gasteiger charge is 2.21. The summed E-state index contributed by atoms with van der Waals surface area (Å²) in [5.74, 6) is 1.00. The number of morpholine rings is 1. The lowest BCUT2D eigenvalue weighted by atomic mass is 10.1. The molecule has 2 heterocycles. The smallest absolute Gasteiger partial charge is 0.194 e. The number of benzene rings is 1. The summed E-state index contributed by atoms with van der Waals surface area (Å²) in [5, 5.41) is 3.41. The van der Waals surface area contributed by atoms with Crippen LogP contribution in [0.3, 0.4) is 0 Å². The first-order chi connectivity index (χ1) is 11.1. The van der Waals surface area contributed by atoms with E-state index in [0.717, 1.165) is 45.2 Å². The van der Waals surface area contributed by atoms with Crippen molar-refractivity contribution >= 4 is 29.9 Å². The molecule has 5 nitrogen and oxygen atoms in total. The standard InChI is InChI=1S/C18H28N4O.HI/c1-14-11-22(12-15(2)23-14)13-17-6-4-16(5-7-17)10-20-18-19-8-9-21(18)3;/h4-7,14-15H,8-13H2,1-3H3,(H,19,20);1H. The van der Waals surface area contributed by atoms with Crippen LogP contribution in [0.2, 0.25) is 0 Å². The predicted molar refractivity (Wildman–Crippen MR) is 109 cm³/mol. The zero-order valence-electron chi connectivity index (χ0n) is 14.9. The summed E-state index contributed by atoms with van der Waals surface area (Å²) in [7, 11) is 2.08. The molecule has 0 bridgehead atoms. The van der Waals surface area contributed by atoms with Crippen molar-refractivity contribution in [1.29, 1.82) is 0 Å². The molecule has 2 aliphatic heterocycles. The molecule has 0 aromatic heterocycles. The number of nitrogens with one attached hydrogen (secondary N) is 1. The largest absolute Gasteiger partial charge is 0.373 e. The molecule has 3 rings (SSSR count). The van der Waals surface area contributed by atoms with Crippen LogP contribution >= 0.6 is 24.0 Å². The molecule has 0 radical (unpaired) electrons. The first-order valence-corrected chi connectivity index (χ1v) is 8.55. The lowest BCUT2D eigenvalue weighted by Gasteiger charge is -2.35. The van der Waals surface area contributed by atoms with Gasteiger partial charge in [0.05, 0.1) is 18.8 Å².